The van der Waals surface area contributed by atoms with Crippen LogP contribution in [0.4, 0.5) is 9.59 Å². The molecule has 2 amide bonds. The van der Waals surface area contributed by atoms with Crippen LogP contribution in [-0.4, -0.2) is 80.1 Å². The summed E-state index contributed by atoms with van der Waals surface area (Å²) in [4.78, 5) is 33.4. The van der Waals surface area contributed by atoms with Crippen molar-refractivity contribution in [1.82, 2.24) is 19.6 Å². The Morgan fingerprint density at radius 3 is 1.34 bits per heavy atom. The van der Waals surface area contributed by atoms with Gasteiger partial charge in [0.2, 0.25) is 0 Å². The number of hydrogen-bond acceptors (Lipinski definition) is 6. The van der Waals surface area contributed by atoms with Crippen molar-refractivity contribution in [2.45, 2.75) is 155 Å². The number of benzene rings is 1. The van der Waals surface area contributed by atoms with Gasteiger partial charge in [0.25, 0.3) is 0 Å². The second kappa shape index (κ2) is 13.2. The van der Waals surface area contributed by atoms with E-state index >= 15 is 0 Å². The summed E-state index contributed by atoms with van der Waals surface area (Å²) in [5.74, 6) is 0.192. The molecule has 250 valence electrons. The second-order valence-corrected chi connectivity index (χ2v) is 15.0. The summed E-state index contributed by atoms with van der Waals surface area (Å²) in [5, 5.41) is 25.5. The number of hydrogen-bond donors (Lipinski definition) is 0. The van der Waals surface area contributed by atoms with E-state index in [-0.39, 0.29) is 59.2 Å². The number of carboxylic acid groups (broad SMARTS) is 2. The van der Waals surface area contributed by atoms with Crippen LogP contribution >= 0.6 is 0 Å². The van der Waals surface area contributed by atoms with Crippen LogP contribution in [0.15, 0.2) is 24.3 Å². The third-order valence-corrected chi connectivity index (χ3v) is 13.5. The molecule has 0 aliphatic carbocycles. The first-order valence-corrected chi connectivity index (χ1v) is 16.9. The van der Waals surface area contributed by atoms with Crippen LogP contribution in [-0.2, 0) is 13.1 Å². The molecule has 2 aliphatic heterocycles. The van der Waals surface area contributed by atoms with Gasteiger partial charge in [-0.2, -0.15) is 0 Å². The summed E-state index contributed by atoms with van der Waals surface area (Å²) in [6.45, 7) is 22.4. The highest BCUT2D eigenvalue weighted by molar-refractivity contribution is 5.64. The van der Waals surface area contributed by atoms with Crippen LogP contribution in [0.2, 0.25) is 0 Å². The molecule has 0 N–H and O–H groups in total. The summed E-state index contributed by atoms with van der Waals surface area (Å²) in [6.07, 6.45) is 2.78. The van der Waals surface area contributed by atoms with E-state index in [1.54, 1.807) is 0 Å². The predicted octanol–water partition coefficient (Wildman–Crippen LogP) is 5.33. The van der Waals surface area contributed by atoms with Gasteiger partial charge < -0.3 is 29.6 Å². The van der Waals surface area contributed by atoms with E-state index in [0.29, 0.717) is 0 Å². The van der Waals surface area contributed by atoms with Gasteiger partial charge >= 0.3 is 0 Å². The van der Waals surface area contributed by atoms with Gasteiger partial charge in [0.1, 0.15) is 12.2 Å². The van der Waals surface area contributed by atoms with Gasteiger partial charge in [0.15, 0.2) is 0 Å². The summed E-state index contributed by atoms with van der Waals surface area (Å²) in [6, 6.07) is 7.32. The third-order valence-electron chi connectivity index (χ3n) is 13.5. The summed E-state index contributed by atoms with van der Waals surface area (Å²) < 4.78 is 0. The Morgan fingerprint density at radius 1 is 0.727 bits per heavy atom. The van der Waals surface area contributed by atoms with Crippen LogP contribution in [0.25, 0.3) is 0 Å². The molecule has 8 atom stereocenters. The van der Waals surface area contributed by atoms with Crippen LogP contribution in [0, 0.1) is 11.8 Å². The maximum Gasteiger partial charge on any atom is 0.137 e. The van der Waals surface area contributed by atoms with E-state index in [0.717, 1.165) is 49.7 Å². The Labute approximate surface area is 267 Å². The summed E-state index contributed by atoms with van der Waals surface area (Å²) >= 11 is 0. The highest BCUT2D eigenvalue weighted by Gasteiger charge is 2.53. The molecule has 2 saturated heterocycles. The van der Waals surface area contributed by atoms with Crippen molar-refractivity contribution in [3.05, 3.63) is 35.4 Å². The van der Waals surface area contributed by atoms with E-state index in [1.807, 2.05) is 24.3 Å². The number of nitrogens with zero attached hydrogens (tertiary/aromatic N) is 4. The molecule has 0 aromatic heterocycles. The standard InChI is InChI=1S/C36H62N4O4/c1-13-33(7)21-29(25(5)35(9,15-3)37(33)11)39(31(41)42)23-27-18-17-19-28(20-27)24-40(32(43)44)30-22-34(8,14-2)38(12)36(10,16-4)26(30)6/h17-20,25-26,29-30H,13-16,21-24H2,1-12H3,(H,41,42)(H,43,44)/p-2. The zero-order chi connectivity index (χ0) is 33.4. The van der Waals surface area contributed by atoms with Crippen molar-refractivity contribution in [1.29, 1.82) is 0 Å². The lowest BCUT2D eigenvalue weighted by Gasteiger charge is -2.61. The predicted molar refractivity (Wildman–Crippen MR) is 174 cm³/mol. The topological polar surface area (TPSA) is 93.2 Å². The van der Waals surface area contributed by atoms with E-state index in [1.165, 1.54) is 9.80 Å². The Bertz CT molecular complexity index is 1090. The van der Waals surface area contributed by atoms with E-state index in [9.17, 15) is 19.8 Å². The van der Waals surface area contributed by atoms with Crippen LogP contribution in [0.5, 0.6) is 0 Å². The van der Waals surface area contributed by atoms with Crippen molar-refractivity contribution in [3.8, 4) is 0 Å². The number of amides is 2. The smallest absolute Gasteiger partial charge is 0.137 e. The quantitative estimate of drug-likeness (QED) is 0.355. The van der Waals surface area contributed by atoms with E-state index in [2.05, 4.69) is 93.1 Å². The Hall–Kier alpha value is -2.32. The molecule has 0 saturated carbocycles. The lowest BCUT2D eigenvalue weighted by molar-refractivity contribution is -0.274. The molecule has 0 spiro atoms. The highest BCUT2D eigenvalue weighted by Crippen LogP contribution is 2.47. The fraction of sp³-hybridized carbons (Fsp3) is 0.778. The maximum absolute atomic E-state index is 12.7. The molecule has 8 nitrogen and oxygen atoms in total. The fourth-order valence-corrected chi connectivity index (χ4v) is 8.70. The van der Waals surface area contributed by atoms with Gasteiger partial charge in [0, 0.05) is 47.3 Å². The lowest BCUT2D eigenvalue weighted by Crippen LogP contribution is -2.69. The van der Waals surface area contributed by atoms with E-state index in [4.69, 9.17) is 0 Å². The molecule has 8 heteroatoms. The zero-order valence-corrected chi connectivity index (χ0v) is 29.7. The van der Waals surface area contributed by atoms with Gasteiger partial charge in [-0.1, -0.05) is 65.8 Å². The maximum atomic E-state index is 12.7. The second-order valence-electron chi connectivity index (χ2n) is 15.0. The molecule has 0 radical (unpaired) electrons. The number of rotatable bonds is 10. The minimum absolute atomic E-state index is 0.0958. The lowest BCUT2D eigenvalue weighted by atomic mass is 9.66. The largest absolute Gasteiger partial charge is 0.530 e. The van der Waals surface area contributed by atoms with Gasteiger partial charge in [0.05, 0.1) is 0 Å². The molecule has 0 bridgehead atoms. The Kier molecular flexibility index (Phi) is 10.8. The SMILES string of the molecule is CCC1(C)CC(N(Cc2cccc(CN(C(=O)[O-])C3CC(C)(CC)N(C)C(C)(CC)C3C)c2)C(=O)[O-])C(C)C(C)(CC)N1C. The van der Waals surface area contributed by atoms with Crippen molar-refractivity contribution in [2.24, 2.45) is 11.8 Å². The molecule has 2 heterocycles. The minimum Gasteiger partial charge on any atom is -0.530 e. The molecule has 2 aliphatic rings. The molecule has 3 rings (SSSR count). The highest BCUT2D eigenvalue weighted by atomic mass is 16.4. The van der Waals surface area contributed by atoms with Crippen molar-refractivity contribution in [2.75, 3.05) is 14.1 Å². The van der Waals surface area contributed by atoms with Gasteiger partial charge in [-0.3, -0.25) is 9.80 Å². The number of carbonyl (C=O) groups is 2. The monoisotopic (exact) mass is 612 g/mol. The van der Waals surface area contributed by atoms with Gasteiger partial charge in [-0.25, -0.2) is 0 Å². The zero-order valence-electron chi connectivity index (χ0n) is 29.7. The molecule has 44 heavy (non-hydrogen) atoms. The van der Waals surface area contributed by atoms with Crippen molar-refractivity contribution >= 4 is 12.2 Å². The average Bonchev–Trinajstić information content (AvgIpc) is 3.00. The number of likely N-dealkylation sites (tertiary alicyclic amines) is 2. The first-order chi connectivity index (χ1) is 20.4. The number of carbonyl (C=O) groups excluding carboxylic acids is 2. The van der Waals surface area contributed by atoms with E-state index < -0.39 is 12.2 Å². The Balaban J connectivity index is 1.93. The normalized spacial score (nSPS) is 36.6. The summed E-state index contributed by atoms with van der Waals surface area (Å²) in [5.41, 5.74) is 1.06. The van der Waals surface area contributed by atoms with Gasteiger partial charge in [-0.15, -0.1) is 0 Å². The average molecular weight is 613 g/mol. The number of piperidine rings is 2. The van der Waals surface area contributed by atoms with Crippen LogP contribution < -0.4 is 10.2 Å². The molecular weight excluding hydrogens is 552 g/mol. The van der Waals surface area contributed by atoms with Crippen molar-refractivity contribution in [3.63, 3.8) is 0 Å². The molecule has 2 fully saturated rings. The third kappa shape index (κ3) is 6.22. The Morgan fingerprint density at radius 2 is 1.07 bits per heavy atom. The first kappa shape index (κ1) is 36.2. The molecule has 8 unspecified atom stereocenters. The van der Waals surface area contributed by atoms with Gasteiger partial charge in [-0.05, 0) is 103 Å². The molecule has 1 aromatic carbocycles. The van der Waals surface area contributed by atoms with Crippen molar-refractivity contribution < 1.29 is 19.8 Å². The van der Waals surface area contributed by atoms with Crippen LogP contribution in [0.1, 0.15) is 119 Å². The molecular formula is C36H60N4O4-2. The van der Waals surface area contributed by atoms with Crippen LogP contribution in [0.3, 0.4) is 0 Å². The summed E-state index contributed by atoms with van der Waals surface area (Å²) in [7, 11) is 4.35. The molecule has 1 aromatic rings. The minimum atomic E-state index is -1.16. The fourth-order valence-electron chi connectivity index (χ4n) is 8.70. The first-order valence-electron chi connectivity index (χ1n) is 16.9.